The molecule has 1 aliphatic carbocycles. The summed E-state index contributed by atoms with van der Waals surface area (Å²) in [5, 5.41) is 0. The molecule has 0 saturated heterocycles. The Morgan fingerprint density at radius 3 is 3.00 bits per heavy atom. The number of amides is 1. The summed E-state index contributed by atoms with van der Waals surface area (Å²) < 4.78 is 4.69. The Hall–Kier alpha value is -1.95. The van der Waals surface area contributed by atoms with Crippen molar-refractivity contribution in [3.8, 4) is 11.8 Å². The van der Waals surface area contributed by atoms with Gasteiger partial charge < -0.3 is 10.5 Å². The zero-order valence-electron chi connectivity index (χ0n) is 10.3. The Morgan fingerprint density at radius 2 is 2.28 bits per heavy atom. The number of hydrogen-bond donors (Lipinski definition) is 1. The molecule has 0 bridgehead atoms. The predicted octanol–water partition coefficient (Wildman–Crippen LogP) is 2.48. The number of ether oxygens (including phenoxy) is 1. The number of rotatable bonds is 4. The van der Waals surface area contributed by atoms with Gasteiger partial charge >= 0.3 is 6.09 Å². The summed E-state index contributed by atoms with van der Waals surface area (Å²) in [6.45, 7) is 0.368. The molecule has 2 rings (SSSR count). The van der Waals surface area contributed by atoms with Gasteiger partial charge in [-0.25, -0.2) is 4.79 Å². The van der Waals surface area contributed by atoms with Gasteiger partial charge in [-0.15, -0.1) is 0 Å². The van der Waals surface area contributed by atoms with Crippen LogP contribution >= 0.6 is 0 Å². The van der Waals surface area contributed by atoms with Gasteiger partial charge in [0.1, 0.15) is 0 Å². The van der Waals surface area contributed by atoms with E-state index in [1.165, 1.54) is 18.4 Å². The maximum absolute atomic E-state index is 10.4. The van der Waals surface area contributed by atoms with Crippen LogP contribution in [-0.4, -0.2) is 12.7 Å². The molecule has 0 unspecified atom stereocenters. The summed E-state index contributed by atoms with van der Waals surface area (Å²) in [5.41, 5.74) is 7.17. The van der Waals surface area contributed by atoms with Gasteiger partial charge in [0.15, 0.2) is 0 Å². The number of aryl methyl sites for hydroxylation is 1. The number of carbonyl (C=O) groups excluding carboxylic acids is 1. The lowest BCUT2D eigenvalue weighted by Crippen LogP contribution is -2.13. The second-order valence-corrected chi connectivity index (χ2v) is 4.52. The fourth-order valence-corrected chi connectivity index (χ4v) is 1.67. The summed E-state index contributed by atoms with van der Waals surface area (Å²) in [6, 6.07) is 8.20. The van der Waals surface area contributed by atoms with Crippen LogP contribution in [0.1, 0.15) is 30.4 Å². The first-order valence-corrected chi connectivity index (χ1v) is 6.27. The highest BCUT2D eigenvalue weighted by Crippen LogP contribution is 2.27. The van der Waals surface area contributed by atoms with Crippen molar-refractivity contribution in [2.45, 2.75) is 25.7 Å². The van der Waals surface area contributed by atoms with Crippen LogP contribution in [0.15, 0.2) is 24.3 Å². The smallest absolute Gasteiger partial charge is 0.404 e. The van der Waals surface area contributed by atoms with E-state index in [2.05, 4.69) is 24.0 Å². The molecule has 0 aliphatic heterocycles. The summed E-state index contributed by atoms with van der Waals surface area (Å²) in [6.07, 6.45) is 3.43. The SMILES string of the molecule is NC(=O)OCCCc1cccc(C#CC2CC2)c1. The third-order valence-corrected chi connectivity index (χ3v) is 2.78. The van der Waals surface area contributed by atoms with Crippen molar-refractivity contribution in [1.29, 1.82) is 0 Å². The highest BCUT2D eigenvalue weighted by molar-refractivity contribution is 5.64. The van der Waals surface area contributed by atoms with E-state index in [0.29, 0.717) is 12.5 Å². The number of carbonyl (C=O) groups is 1. The molecular weight excluding hydrogens is 226 g/mol. The first-order valence-electron chi connectivity index (χ1n) is 6.27. The lowest BCUT2D eigenvalue weighted by molar-refractivity contribution is 0.155. The average Bonchev–Trinajstić information content (AvgIpc) is 3.17. The van der Waals surface area contributed by atoms with E-state index in [1.807, 2.05) is 12.1 Å². The molecule has 94 valence electrons. The Balaban J connectivity index is 1.83. The van der Waals surface area contributed by atoms with Crippen LogP contribution in [0.3, 0.4) is 0 Å². The number of hydrogen-bond acceptors (Lipinski definition) is 2. The molecule has 18 heavy (non-hydrogen) atoms. The van der Waals surface area contributed by atoms with Crippen molar-refractivity contribution in [3.63, 3.8) is 0 Å². The van der Waals surface area contributed by atoms with Crippen LogP contribution < -0.4 is 5.73 Å². The first kappa shape index (κ1) is 12.5. The van der Waals surface area contributed by atoms with Gasteiger partial charge in [-0.3, -0.25) is 0 Å². The minimum atomic E-state index is -0.709. The maximum atomic E-state index is 10.4. The van der Waals surface area contributed by atoms with Gasteiger partial charge in [0.2, 0.25) is 0 Å². The number of benzene rings is 1. The van der Waals surface area contributed by atoms with Crippen molar-refractivity contribution < 1.29 is 9.53 Å². The molecule has 0 heterocycles. The van der Waals surface area contributed by atoms with E-state index in [-0.39, 0.29) is 0 Å². The topological polar surface area (TPSA) is 52.3 Å². The van der Waals surface area contributed by atoms with Gasteiger partial charge in [-0.2, -0.15) is 0 Å². The maximum Gasteiger partial charge on any atom is 0.404 e. The fraction of sp³-hybridized carbons (Fsp3) is 0.400. The lowest BCUT2D eigenvalue weighted by atomic mass is 10.1. The molecule has 2 N–H and O–H groups in total. The highest BCUT2D eigenvalue weighted by Gasteiger charge is 2.17. The zero-order valence-corrected chi connectivity index (χ0v) is 10.3. The van der Waals surface area contributed by atoms with Crippen LogP contribution in [0.5, 0.6) is 0 Å². The molecule has 1 amide bonds. The van der Waals surface area contributed by atoms with Crippen LogP contribution in [0, 0.1) is 17.8 Å². The normalized spacial score (nSPS) is 13.6. The largest absolute Gasteiger partial charge is 0.450 e. The molecule has 0 atom stereocenters. The third-order valence-electron chi connectivity index (χ3n) is 2.78. The van der Waals surface area contributed by atoms with Crippen LogP contribution in [-0.2, 0) is 11.2 Å². The van der Waals surface area contributed by atoms with Crippen molar-refractivity contribution >= 4 is 6.09 Å². The molecule has 3 heteroatoms. The van der Waals surface area contributed by atoms with Crippen molar-refractivity contribution in [3.05, 3.63) is 35.4 Å². The predicted molar refractivity (Wildman–Crippen MR) is 69.9 cm³/mol. The summed E-state index contributed by atoms with van der Waals surface area (Å²) in [5.74, 6) is 7.07. The lowest BCUT2D eigenvalue weighted by Gasteiger charge is -2.02. The quantitative estimate of drug-likeness (QED) is 0.652. The molecule has 1 aliphatic rings. The Kier molecular flexibility index (Phi) is 4.25. The van der Waals surface area contributed by atoms with E-state index < -0.39 is 6.09 Å². The second-order valence-electron chi connectivity index (χ2n) is 4.52. The second kappa shape index (κ2) is 6.11. The van der Waals surface area contributed by atoms with E-state index in [9.17, 15) is 4.79 Å². The van der Waals surface area contributed by atoms with Gasteiger partial charge in [-0.05, 0) is 43.4 Å². The average molecular weight is 243 g/mol. The molecule has 0 aromatic heterocycles. The van der Waals surface area contributed by atoms with E-state index >= 15 is 0 Å². The summed E-state index contributed by atoms with van der Waals surface area (Å²) >= 11 is 0. The Bertz CT molecular complexity index is 481. The Labute approximate surface area is 107 Å². The van der Waals surface area contributed by atoms with Crippen molar-refractivity contribution in [2.75, 3.05) is 6.61 Å². The number of primary amides is 1. The molecule has 0 spiro atoms. The minimum absolute atomic E-state index is 0.368. The van der Waals surface area contributed by atoms with E-state index in [1.54, 1.807) is 0 Å². The summed E-state index contributed by atoms with van der Waals surface area (Å²) in [7, 11) is 0. The highest BCUT2D eigenvalue weighted by atomic mass is 16.5. The molecule has 0 radical (unpaired) electrons. The third kappa shape index (κ3) is 4.50. The van der Waals surface area contributed by atoms with Gasteiger partial charge in [0.25, 0.3) is 0 Å². The van der Waals surface area contributed by atoms with E-state index in [4.69, 9.17) is 10.5 Å². The molecule has 3 nitrogen and oxygen atoms in total. The standard InChI is InChI=1S/C15H17NO2/c16-15(17)18-10-2-5-13-3-1-4-14(11-13)9-8-12-6-7-12/h1,3-4,11-12H,2,5-7,10H2,(H2,16,17). The molecule has 1 fully saturated rings. The zero-order chi connectivity index (χ0) is 12.8. The molecular formula is C15H17NO2. The molecule has 1 saturated carbocycles. The van der Waals surface area contributed by atoms with Crippen molar-refractivity contribution in [1.82, 2.24) is 0 Å². The van der Waals surface area contributed by atoms with Crippen molar-refractivity contribution in [2.24, 2.45) is 11.7 Å². The molecule has 1 aromatic carbocycles. The van der Waals surface area contributed by atoms with E-state index in [0.717, 1.165) is 18.4 Å². The van der Waals surface area contributed by atoms with Gasteiger partial charge in [-0.1, -0.05) is 24.0 Å². The number of nitrogens with two attached hydrogens (primary N) is 1. The summed E-state index contributed by atoms with van der Waals surface area (Å²) in [4.78, 5) is 10.4. The fourth-order valence-electron chi connectivity index (χ4n) is 1.67. The first-order chi connectivity index (χ1) is 8.74. The van der Waals surface area contributed by atoms with Crippen LogP contribution in [0.4, 0.5) is 4.79 Å². The minimum Gasteiger partial charge on any atom is -0.450 e. The molecule has 1 aromatic rings. The Morgan fingerprint density at radius 1 is 1.44 bits per heavy atom. The van der Waals surface area contributed by atoms with Gasteiger partial charge in [0, 0.05) is 11.5 Å². The van der Waals surface area contributed by atoms with Gasteiger partial charge in [0.05, 0.1) is 6.61 Å². The van der Waals surface area contributed by atoms with Crippen LogP contribution in [0.2, 0.25) is 0 Å². The monoisotopic (exact) mass is 243 g/mol. The van der Waals surface area contributed by atoms with Crippen LogP contribution in [0.25, 0.3) is 0 Å².